The van der Waals surface area contributed by atoms with Gasteiger partial charge < -0.3 is 5.73 Å². The lowest BCUT2D eigenvalue weighted by Crippen LogP contribution is -2.26. The van der Waals surface area contributed by atoms with Gasteiger partial charge >= 0.3 is 0 Å². The molecule has 8 heteroatoms. The number of carbonyl (C=O) groups excluding carboxylic acids is 1. The van der Waals surface area contributed by atoms with E-state index in [0.717, 1.165) is 6.07 Å². The molecule has 0 fully saturated rings. The Morgan fingerprint density at radius 3 is 2.63 bits per heavy atom. The molecule has 0 saturated carbocycles. The summed E-state index contributed by atoms with van der Waals surface area (Å²) < 4.78 is 39.4. The number of rotatable bonds is 7. The molecule has 19 heavy (non-hydrogen) atoms. The second-order valence-corrected chi connectivity index (χ2v) is 5.98. The molecular weight excluding hydrogens is 295 g/mol. The first kappa shape index (κ1) is 15.9. The Morgan fingerprint density at radius 1 is 1.37 bits per heavy atom. The van der Waals surface area contributed by atoms with Gasteiger partial charge in [-0.15, -0.1) is 0 Å². The van der Waals surface area contributed by atoms with Crippen LogP contribution in [0.1, 0.15) is 19.3 Å². The molecular formula is C11H14ClFN2O3S. The number of primary amides is 1. The van der Waals surface area contributed by atoms with E-state index in [9.17, 15) is 17.6 Å². The second kappa shape index (κ2) is 6.83. The van der Waals surface area contributed by atoms with Crippen LogP contribution in [0.4, 0.5) is 4.39 Å². The molecule has 0 bridgehead atoms. The minimum Gasteiger partial charge on any atom is -0.370 e. The number of unbranched alkanes of at least 4 members (excludes halogenated alkanes) is 1. The molecule has 0 radical (unpaired) electrons. The van der Waals surface area contributed by atoms with Crippen LogP contribution in [0.15, 0.2) is 23.1 Å². The lowest BCUT2D eigenvalue weighted by molar-refractivity contribution is -0.118. The third-order valence-electron chi connectivity index (χ3n) is 2.33. The summed E-state index contributed by atoms with van der Waals surface area (Å²) >= 11 is 5.68. The molecule has 1 amide bonds. The number of nitrogens with one attached hydrogen (secondary N) is 1. The number of carbonyl (C=O) groups is 1. The molecule has 0 aliphatic rings. The van der Waals surface area contributed by atoms with Crippen LogP contribution in [0.2, 0.25) is 5.02 Å². The maximum Gasteiger partial charge on any atom is 0.244 e. The highest BCUT2D eigenvalue weighted by Crippen LogP contribution is 2.23. The first-order valence-corrected chi connectivity index (χ1v) is 7.42. The molecule has 0 aliphatic heterocycles. The highest BCUT2D eigenvalue weighted by molar-refractivity contribution is 7.89. The zero-order valence-electron chi connectivity index (χ0n) is 10.0. The van der Waals surface area contributed by atoms with Crippen molar-refractivity contribution >= 4 is 27.5 Å². The third-order valence-corrected chi connectivity index (χ3v) is 4.29. The summed E-state index contributed by atoms with van der Waals surface area (Å²) in [4.78, 5) is 9.92. The van der Waals surface area contributed by atoms with Crippen molar-refractivity contribution in [3.63, 3.8) is 0 Å². The molecule has 0 heterocycles. The quantitative estimate of drug-likeness (QED) is 0.746. The number of benzene rings is 1. The lowest BCUT2D eigenvalue weighted by atomic mass is 10.2. The third kappa shape index (κ3) is 4.77. The number of amides is 1. The van der Waals surface area contributed by atoms with Crippen LogP contribution in [0.25, 0.3) is 0 Å². The molecule has 0 saturated heterocycles. The highest BCUT2D eigenvalue weighted by atomic mass is 35.5. The molecule has 0 spiro atoms. The van der Waals surface area contributed by atoms with Crippen LogP contribution in [0, 0.1) is 5.82 Å². The first-order valence-electron chi connectivity index (χ1n) is 5.56. The van der Waals surface area contributed by atoms with E-state index in [1.54, 1.807) is 0 Å². The fraction of sp³-hybridized carbons (Fsp3) is 0.364. The molecule has 1 aromatic rings. The standard InChI is InChI=1S/C11H14ClFN2O3S/c12-8-4-3-5-9(13)11(8)19(17,18)15-7-2-1-6-10(14)16/h3-5,15H,1-2,6-7H2,(H2,14,16). The summed E-state index contributed by atoms with van der Waals surface area (Å²) in [6.45, 7) is 0.0836. The van der Waals surface area contributed by atoms with Crippen molar-refractivity contribution in [2.24, 2.45) is 5.73 Å². The van der Waals surface area contributed by atoms with Crippen LogP contribution in [-0.2, 0) is 14.8 Å². The average molecular weight is 309 g/mol. The number of sulfonamides is 1. The average Bonchev–Trinajstić information content (AvgIpc) is 2.27. The molecule has 0 unspecified atom stereocenters. The van der Waals surface area contributed by atoms with E-state index in [1.165, 1.54) is 12.1 Å². The van der Waals surface area contributed by atoms with Crippen molar-refractivity contribution in [1.82, 2.24) is 4.72 Å². The zero-order chi connectivity index (χ0) is 14.5. The van der Waals surface area contributed by atoms with Gasteiger partial charge in [-0.05, 0) is 25.0 Å². The van der Waals surface area contributed by atoms with Gasteiger partial charge in [-0.2, -0.15) is 0 Å². The minimum atomic E-state index is -4.00. The SMILES string of the molecule is NC(=O)CCCCNS(=O)(=O)c1c(F)cccc1Cl. The van der Waals surface area contributed by atoms with Gasteiger partial charge in [0.15, 0.2) is 0 Å². The Bertz CT molecular complexity index is 543. The first-order chi connectivity index (χ1) is 8.84. The topological polar surface area (TPSA) is 89.3 Å². The summed E-state index contributed by atoms with van der Waals surface area (Å²) in [5.74, 6) is -1.35. The summed E-state index contributed by atoms with van der Waals surface area (Å²) in [6.07, 6.45) is 1.07. The van der Waals surface area contributed by atoms with Crippen LogP contribution < -0.4 is 10.5 Å². The van der Waals surface area contributed by atoms with Gasteiger partial charge in [0.05, 0.1) is 5.02 Å². The van der Waals surface area contributed by atoms with Crippen LogP contribution in [0.5, 0.6) is 0 Å². The maximum atomic E-state index is 13.5. The number of hydrogen-bond acceptors (Lipinski definition) is 3. The second-order valence-electron chi connectivity index (χ2n) is 3.87. The highest BCUT2D eigenvalue weighted by Gasteiger charge is 2.21. The Hall–Kier alpha value is -1.18. The summed E-state index contributed by atoms with van der Waals surface area (Å²) in [5.41, 5.74) is 4.95. The molecule has 3 N–H and O–H groups in total. The number of halogens is 2. The van der Waals surface area contributed by atoms with E-state index in [2.05, 4.69) is 4.72 Å². The minimum absolute atomic E-state index is 0.0836. The maximum absolute atomic E-state index is 13.5. The number of nitrogens with two attached hydrogens (primary N) is 1. The Morgan fingerprint density at radius 2 is 2.05 bits per heavy atom. The van der Waals surface area contributed by atoms with Crippen LogP contribution in [-0.4, -0.2) is 20.9 Å². The Kier molecular flexibility index (Phi) is 5.71. The monoisotopic (exact) mass is 308 g/mol. The van der Waals surface area contributed by atoms with E-state index in [1.807, 2.05) is 0 Å². The molecule has 1 rings (SSSR count). The van der Waals surface area contributed by atoms with Crippen molar-refractivity contribution in [1.29, 1.82) is 0 Å². The van der Waals surface area contributed by atoms with Gasteiger partial charge in [0.1, 0.15) is 10.7 Å². The van der Waals surface area contributed by atoms with E-state index in [0.29, 0.717) is 12.8 Å². The smallest absolute Gasteiger partial charge is 0.244 e. The molecule has 0 aliphatic carbocycles. The fourth-order valence-electron chi connectivity index (χ4n) is 1.44. The largest absolute Gasteiger partial charge is 0.370 e. The summed E-state index contributed by atoms with van der Waals surface area (Å²) in [6, 6.07) is 3.64. The normalized spacial score (nSPS) is 11.5. The predicted octanol–water partition coefficient (Wildman–Crippen LogP) is 1.41. The van der Waals surface area contributed by atoms with E-state index >= 15 is 0 Å². The van der Waals surface area contributed by atoms with Crippen LogP contribution >= 0.6 is 11.6 Å². The molecule has 1 aromatic carbocycles. The van der Waals surface area contributed by atoms with Gasteiger partial charge in [-0.1, -0.05) is 17.7 Å². The van der Waals surface area contributed by atoms with Crippen molar-refractivity contribution < 1.29 is 17.6 Å². The zero-order valence-corrected chi connectivity index (χ0v) is 11.6. The molecule has 5 nitrogen and oxygen atoms in total. The molecule has 0 atom stereocenters. The summed E-state index contributed by atoms with van der Waals surface area (Å²) in [5, 5.41) is -0.176. The van der Waals surface area contributed by atoms with Crippen LogP contribution in [0.3, 0.4) is 0 Å². The van der Waals surface area contributed by atoms with Crippen molar-refractivity contribution in [2.75, 3.05) is 6.54 Å². The lowest BCUT2D eigenvalue weighted by Gasteiger charge is -2.08. The van der Waals surface area contributed by atoms with E-state index in [-0.39, 0.29) is 18.0 Å². The predicted molar refractivity (Wildman–Crippen MR) is 69.6 cm³/mol. The Labute approximate surface area is 116 Å². The van der Waals surface area contributed by atoms with Gasteiger partial charge in [-0.25, -0.2) is 17.5 Å². The van der Waals surface area contributed by atoms with E-state index < -0.39 is 26.6 Å². The molecule has 0 aromatic heterocycles. The van der Waals surface area contributed by atoms with Crippen molar-refractivity contribution in [2.45, 2.75) is 24.2 Å². The van der Waals surface area contributed by atoms with Crippen molar-refractivity contribution in [3.05, 3.63) is 29.0 Å². The van der Waals surface area contributed by atoms with Gasteiger partial charge in [-0.3, -0.25) is 4.79 Å². The van der Waals surface area contributed by atoms with E-state index in [4.69, 9.17) is 17.3 Å². The Balaban J connectivity index is 2.64. The van der Waals surface area contributed by atoms with Gasteiger partial charge in [0.2, 0.25) is 15.9 Å². The fourth-order valence-corrected chi connectivity index (χ4v) is 3.12. The van der Waals surface area contributed by atoms with Crippen molar-refractivity contribution in [3.8, 4) is 0 Å². The molecule has 106 valence electrons. The summed E-state index contributed by atoms with van der Waals surface area (Å²) in [7, 11) is -4.00. The van der Waals surface area contributed by atoms with Gasteiger partial charge in [0.25, 0.3) is 0 Å². The number of hydrogen-bond donors (Lipinski definition) is 2. The van der Waals surface area contributed by atoms with Gasteiger partial charge in [0, 0.05) is 13.0 Å².